The number of rotatable bonds is 13. The first-order chi connectivity index (χ1) is 22.1. The summed E-state index contributed by atoms with van der Waals surface area (Å²) in [5.41, 5.74) is 6.16. The van der Waals surface area contributed by atoms with Gasteiger partial charge >= 0.3 is 12.0 Å². The fourth-order valence-corrected chi connectivity index (χ4v) is 6.21. The highest BCUT2D eigenvalue weighted by molar-refractivity contribution is 14.1. The fraction of sp³-hybridized carbons (Fsp3) is 0.250. The first kappa shape index (κ1) is 34.5. The number of nitrogens with zero attached hydrogens (tertiary/aromatic N) is 2. The summed E-state index contributed by atoms with van der Waals surface area (Å²) in [6.45, 7) is 3.95. The van der Waals surface area contributed by atoms with Gasteiger partial charge in [-0.3, -0.25) is 5.43 Å². The van der Waals surface area contributed by atoms with Gasteiger partial charge in [-0.15, -0.1) is 0 Å². The Hall–Kier alpha value is -4.33. The molecule has 0 bridgehead atoms. The highest BCUT2D eigenvalue weighted by atomic mass is 127. The Kier molecular flexibility index (Phi) is 12.2. The summed E-state index contributed by atoms with van der Waals surface area (Å²) in [5, 5.41) is 28.9. The minimum Gasteiger partial charge on any atom is -0.490 e. The fourth-order valence-electron chi connectivity index (χ4n) is 4.44. The van der Waals surface area contributed by atoms with Crippen LogP contribution in [0.15, 0.2) is 75.4 Å². The van der Waals surface area contributed by atoms with Crippen LogP contribution in [0.5, 0.6) is 17.2 Å². The van der Waals surface area contributed by atoms with Crippen LogP contribution in [0.4, 0.5) is 4.79 Å². The molecular weight excluding hydrogens is 773 g/mol. The van der Waals surface area contributed by atoms with Gasteiger partial charge in [-0.2, -0.15) is 10.4 Å². The van der Waals surface area contributed by atoms with Crippen LogP contribution < -0.4 is 30.3 Å². The maximum atomic E-state index is 12.5. The molecule has 1 aliphatic rings. The SMILES string of the molecule is CCOc1cc([C@@H]2NC(=O)NC(C)=C2C(=O)OC)ccc1OC[C@H](O)N/N=C/c1cc(Br)c(OCc2ccc(C#N)cc2)c(I)c1. The van der Waals surface area contributed by atoms with E-state index in [4.69, 9.17) is 24.2 Å². The van der Waals surface area contributed by atoms with Crippen molar-refractivity contribution >= 4 is 56.7 Å². The third kappa shape index (κ3) is 8.89. The van der Waals surface area contributed by atoms with Crippen molar-refractivity contribution in [3.05, 3.63) is 96.2 Å². The molecule has 14 heteroatoms. The van der Waals surface area contributed by atoms with E-state index >= 15 is 0 Å². The highest BCUT2D eigenvalue weighted by Crippen LogP contribution is 2.35. The van der Waals surface area contributed by atoms with Crippen molar-refractivity contribution in [2.45, 2.75) is 32.7 Å². The second-order valence-corrected chi connectivity index (χ2v) is 11.8. The van der Waals surface area contributed by atoms with Crippen molar-refractivity contribution < 1.29 is 33.6 Å². The van der Waals surface area contributed by atoms with Gasteiger partial charge in [-0.1, -0.05) is 18.2 Å². The number of carbonyl (C=O) groups excluding carboxylic acids is 2. The lowest BCUT2D eigenvalue weighted by atomic mass is 9.95. The van der Waals surface area contributed by atoms with Crippen molar-refractivity contribution in [2.75, 3.05) is 20.3 Å². The Morgan fingerprint density at radius 3 is 2.61 bits per heavy atom. The zero-order chi connectivity index (χ0) is 33.2. The van der Waals surface area contributed by atoms with Crippen LogP contribution in [-0.2, 0) is 16.1 Å². The Bertz CT molecular complexity index is 1670. The number of esters is 1. The molecule has 0 saturated carbocycles. The third-order valence-electron chi connectivity index (χ3n) is 6.60. The van der Waals surface area contributed by atoms with E-state index in [9.17, 15) is 14.7 Å². The predicted octanol–water partition coefficient (Wildman–Crippen LogP) is 5.02. The second-order valence-electron chi connectivity index (χ2n) is 9.83. The van der Waals surface area contributed by atoms with Crippen LogP contribution in [0.2, 0.25) is 0 Å². The summed E-state index contributed by atoms with van der Waals surface area (Å²) in [5.74, 6) is 0.821. The maximum absolute atomic E-state index is 12.5. The lowest BCUT2D eigenvalue weighted by Gasteiger charge is -2.28. The van der Waals surface area contributed by atoms with Gasteiger partial charge in [0.25, 0.3) is 0 Å². The number of allylic oxidation sites excluding steroid dienone is 1. The van der Waals surface area contributed by atoms with Crippen LogP contribution >= 0.6 is 38.5 Å². The van der Waals surface area contributed by atoms with E-state index in [0.29, 0.717) is 47.3 Å². The Labute approximate surface area is 288 Å². The molecule has 0 radical (unpaired) electrons. The minimum absolute atomic E-state index is 0.156. The lowest BCUT2D eigenvalue weighted by Crippen LogP contribution is -2.45. The quantitative estimate of drug-likeness (QED) is 0.0611. The largest absolute Gasteiger partial charge is 0.490 e. The van der Waals surface area contributed by atoms with E-state index in [1.807, 2.05) is 31.2 Å². The molecule has 0 aromatic heterocycles. The number of hydrazone groups is 1. The van der Waals surface area contributed by atoms with Crippen LogP contribution in [0.25, 0.3) is 0 Å². The molecule has 2 atom stereocenters. The molecule has 3 aromatic rings. The van der Waals surface area contributed by atoms with E-state index in [-0.39, 0.29) is 12.2 Å². The monoisotopic (exact) mass is 803 g/mol. The van der Waals surface area contributed by atoms with E-state index in [1.165, 1.54) is 7.11 Å². The summed E-state index contributed by atoms with van der Waals surface area (Å²) in [7, 11) is 1.27. The number of hydrogen-bond acceptors (Lipinski definition) is 10. The summed E-state index contributed by atoms with van der Waals surface area (Å²) in [4.78, 5) is 24.6. The van der Waals surface area contributed by atoms with Gasteiger partial charge in [0, 0.05) is 5.70 Å². The molecule has 4 rings (SSSR count). The number of nitrogens with one attached hydrogen (secondary N) is 3. The van der Waals surface area contributed by atoms with E-state index in [2.05, 4.69) is 65.8 Å². The number of benzene rings is 3. The van der Waals surface area contributed by atoms with E-state index < -0.39 is 24.3 Å². The highest BCUT2D eigenvalue weighted by Gasteiger charge is 2.32. The molecule has 240 valence electrons. The smallest absolute Gasteiger partial charge is 0.337 e. The topological polar surface area (TPSA) is 164 Å². The van der Waals surface area contributed by atoms with Gasteiger partial charge in [0.15, 0.2) is 17.7 Å². The molecule has 3 aromatic carbocycles. The van der Waals surface area contributed by atoms with Gasteiger partial charge in [-0.05, 0) is 105 Å². The van der Waals surface area contributed by atoms with Gasteiger partial charge in [-0.25, -0.2) is 9.59 Å². The van der Waals surface area contributed by atoms with Crippen molar-refractivity contribution in [1.82, 2.24) is 16.1 Å². The Morgan fingerprint density at radius 2 is 1.93 bits per heavy atom. The normalized spacial score (nSPS) is 15.0. The number of ether oxygens (including phenoxy) is 4. The minimum atomic E-state index is -1.15. The molecule has 0 aliphatic carbocycles. The van der Waals surface area contributed by atoms with Crippen LogP contribution in [0, 0.1) is 14.9 Å². The molecule has 2 amide bonds. The molecule has 12 nitrogen and oxygen atoms in total. The number of amides is 2. The molecule has 0 saturated heterocycles. The first-order valence-electron chi connectivity index (χ1n) is 14.0. The van der Waals surface area contributed by atoms with Gasteiger partial charge in [0.05, 0.1) is 51.2 Å². The molecule has 0 unspecified atom stereocenters. The van der Waals surface area contributed by atoms with Crippen LogP contribution in [0.1, 0.15) is 42.1 Å². The average Bonchev–Trinajstić information content (AvgIpc) is 3.03. The van der Waals surface area contributed by atoms with Crippen molar-refractivity contribution in [3.63, 3.8) is 0 Å². The standard InChI is InChI=1S/C32H31BrIN5O7/c1-4-44-26-13-22(29-28(31(41)43-3)18(2)37-32(42)38-29)9-10-25(26)45-17-27(40)39-36-15-21-11-23(33)30(24(34)12-21)46-16-20-7-5-19(14-35)6-8-20/h5-13,15,27,29,39-40H,4,16-17H2,1-3H3,(H2,37,38,42)/b36-15+/t27-,29-/m0/s1. The molecule has 1 aliphatic heterocycles. The molecule has 46 heavy (non-hydrogen) atoms. The number of carbonyl (C=O) groups is 2. The summed E-state index contributed by atoms with van der Waals surface area (Å²) < 4.78 is 24.1. The number of hydrogen-bond donors (Lipinski definition) is 4. The van der Waals surface area contributed by atoms with Gasteiger partial charge in [0.1, 0.15) is 19.0 Å². The van der Waals surface area contributed by atoms with Gasteiger partial charge in [0.2, 0.25) is 0 Å². The first-order valence-corrected chi connectivity index (χ1v) is 15.8. The summed E-state index contributed by atoms with van der Waals surface area (Å²) in [6.07, 6.45) is 0.408. The summed E-state index contributed by atoms with van der Waals surface area (Å²) >= 11 is 5.72. The number of nitriles is 1. The lowest BCUT2D eigenvalue weighted by molar-refractivity contribution is -0.136. The van der Waals surface area contributed by atoms with Crippen molar-refractivity contribution in [3.8, 4) is 23.3 Å². The molecule has 1 heterocycles. The van der Waals surface area contributed by atoms with Crippen molar-refractivity contribution in [2.24, 2.45) is 5.10 Å². The predicted molar refractivity (Wildman–Crippen MR) is 181 cm³/mol. The third-order valence-corrected chi connectivity index (χ3v) is 7.99. The number of aliphatic hydroxyl groups is 1. The van der Waals surface area contributed by atoms with Crippen LogP contribution in [0.3, 0.4) is 0 Å². The van der Waals surface area contributed by atoms with E-state index in [0.717, 1.165) is 19.2 Å². The molecule has 0 spiro atoms. The average molecular weight is 804 g/mol. The van der Waals surface area contributed by atoms with E-state index in [1.54, 1.807) is 43.5 Å². The van der Waals surface area contributed by atoms with Gasteiger partial charge < -0.3 is 34.7 Å². The number of methoxy groups -OCH3 is 1. The second kappa shape index (κ2) is 16.3. The molecule has 4 N–H and O–H groups in total. The Morgan fingerprint density at radius 1 is 1.17 bits per heavy atom. The Balaban J connectivity index is 1.36. The van der Waals surface area contributed by atoms with Crippen molar-refractivity contribution in [1.29, 1.82) is 5.26 Å². The van der Waals surface area contributed by atoms with Crippen LogP contribution in [-0.4, -0.2) is 49.9 Å². The number of urea groups is 1. The zero-order valence-corrected chi connectivity index (χ0v) is 28.8. The molecule has 0 fully saturated rings. The number of halogens is 2. The molecular formula is C32H31BrIN5O7. The number of aliphatic hydroxyl groups excluding tert-OH is 1. The maximum Gasteiger partial charge on any atom is 0.337 e. The summed E-state index contributed by atoms with van der Waals surface area (Å²) in [6, 6.07) is 16.8. The zero-order valence-electron chi connectivity index (χ0n) is 25.1.